The lowest BCUT2D eigenvalue weighted by molar-refractivity contribution is -0.119. The van der Waals surface area contributed by atoms with Gasteiger partial charge in [-0.05, 0) is 25.7 Å². The van der Waals surface area contributed by atoms with E-state index in [0.29, 0.717) is 12.5 Å². The first-order valence-electron chi connectivity index (χ1n) is 5.53. The normalized spacial score (nSPS) is 17.0. The molecule has 0 unspecified atom stereocenters. The molecule has 86 valence electrons. The molecule has 0 saturated heterocycles. The molecule has 4 N–H and O–H groups in total. The molecular formula is C10H20N4O. The summed E-state index contributed by atoms with van der Waals surface area (Å²) in [5, 5.41) is 5.69. The van der Waals surface area contributed by atoms with Crippen LogP contribution in [0.3, 0.4) is 0 Å². The summed E-state index contributed by atoms with van der Waals surface area (Å²) in [6.45, 7) is 3.49. The number of carbonyl (C=O) groups is 1. The van der Waals surface area contributed by atoms with Gasteiger partial charge < -0.3 is 16.4 Å². The molecule has 1 amide bonds. The number of nitrogens with zero attached hydrogens (tertiary/aromatic N) is 1. The summed E-state index contributed by atoms with van der Waals surface area (Å²) in [5.41, 5.74) is 5.60. The van der Waals surface area contributed by atoms with Gasteiger partial charge in [-0.3, -0.25) is 4.79 Å². The highest BCUT2D eigenvalue weighted by Gasteiger charge is 2.16. The van der Waals surface area contributed by atoms with Crippen molar-refractivity contribution in [3.63, 3.8) is 0 Å². The molecule has 1 aliphatic carbocycles. The Morgan fingerprint density at radius 1 is 1.47 bits per heavy atom. The van der Waals surface area contributed by atoms with Crippen LogP contribution in [0.5, 0.6) is 0 Å². The number of nitrogens with one attached hydrogen (secondary N) is 2. The predicted molar refractivity (Wildman–Crippen MR) is 60.5 cm³/mol. The van der Waals surface area contributed by atoms with Crippen LogP contribution in [0.15, 0.2) is 4.99 Å². The van der Waals surface area contributed by atoms with Crippen LogP contribution < -0.4 is 16.4 Å². The molecule has 5 nitrogen and oxygen atoms in total. The number of aliphatic imine (C=N–C) groups is 1. The molecule has 0 atom stereocenters. The maximum atomic E-state index is 11.1. The molecule has 15 heavy (non-hydrogen) atoms. The van der Waals surface area contributed by atoms with Crippen molar-refractivity contribution in [3.05, 3.63) is 0 Å². The number of rotatable bonds is 5. The van der Waals surface area contributed by atoms with Crippen molar-refractivity contribution in [2.45, 2.75) is 26.2 Å². The van der Waals surface area contributed by atoms with Gasteiger partial charge in [0.05, 0.1) is 0 Å². The average Bonchev–Trinajstić information content (AvgIpc) is 2.13. The number of nitrogens with two attached hydrogens (primary N) is 1. The molecule has 0 bridgehead atoms. The second kappa shape index (κ2) is 6.27. The maximum Gasteiger partial charge on any atom is 0.241 e. The van der Waals surface area contributed by atoms with Gasteiger partial charge in [-0.2, -0.15) is 0 Å². The van der Waals surface area contributed by atoms with Gasteiger partial charge in [0.2, 0.25) is 5.91 Å². The molecular weight excluding hydrogens is 192 g/mol. The Bertz CT molecular complexity index is 236. The number of amides is 1. The Morgan fingerprint density at radius 2 is 2.20 bits per heavy atom. The van der Waals surface area contributed by atoms with E-state index in [4.69, 9.17) is 5.73 Å². The highest BCUT2D eigenvalue weighted by Crippen LogP contribution is 2.24. The fourth-order valence-corrected chi connectivity index (χ4v) is 1.41. The molecule has 0 heterocycles. The summed E-state index contributed by atoms with van der Waals surface area (Å²) >= 11 is 0. The maximum absolute atomic E-state index is 11.1. The van der Waals surface area contributed by atoms with Gasteiger partial charge in [-0.1, -0.05) is 6.42 Å². The molecule has 1 rings (SSSR count). The summed E-state index contributed by atoms with van der Waals surface area (Å²) in [5.74, 6) is 1.02. The highest BCUT2D eigenvalue weighted by atomic mass is 16.1. The first kappa shape index (κ1) is 11.8. The molecule has 1 fully saturated rings. The van der Waals surface area contributed by atoms with Gasteiger partial charge in [0, 0.05) is 13.1 Å². The van der Waals surface area contributed by atoms with Gasteiger partial charge in [0.1, 0.15) is 6.54 Å². The molecule has 0 spiro atoms. The Hall–Kier alpha value is -1.26. The van der Waals surface area contributed by atoms with Gasteiger partial charge in [0.25, 0.3) is 0 Å². The van der Waals surface area contributed by atoms with Gasteiger partial charge >= 0.3 is 0 Å². The van der Waals surface area contributed by atoms with Crippen LogP contribution in [-0.4, -0.2) is 31.5 Å². The van der Waals surface area contributed by atoms with Gasteiger partial charge in [0.15, 0.2) is 5.96 Å². The third kappa shape index (κ3) is 4.67. The summed E-state index contributed by atoms with van der Waals surface area (Å²) < 4.78 is 0. The quantitative estimate of drug-likeness (QED) is 0.437. The summed E-state index contributed by atoms with van der Waals surface area (Å²) in [6.07, 6.45) is 3.87. The van der Waals surface area contributed by atoms with E-state index in [2.05, 4.69) is 15.6 Å². The van der Waals surface area contributed by atoms with E-state index in [1.807, 2.05) is 6.92 Å². The van der Waals surface area contributed by atoms with Crippen LogP contribution in [0.1, 0.15) is 26.2 Å². The van der Waals surface area contributed by atoms with E-state index in [1.165, 1.54) is 19.3 Å². The monoisotopic (exact) mass is 212 g/mol. The minimum absolute atomic E-state index is 0.0918. The lowest BCUT2D eigenvalue weighted by Crippen LogP contribution is -2.38. The Balaban J connectivity index is 2.11. The zero-order valence-corrected chi connectivity index (χ0v) is 9.25. The Kier molecular flexibility index (Phi) is 4.93. The number of likely N-dealkylation sites (N-methyl/N-ethyl adjacent to an activating group) is 1. The van der Waals surface area contributed by atoms with Crippen LogP contribution in [-0.2, 0) is 4.79 Å². The summed E-state index contributed by atoms with van der Waals surface area (Å²) in [6, 6.07) is 0. The van der Waals surface area contributed by atoms with E-state index < -0.39 is 0 Å². The topological polar surface area (TPSA) is 79.5 Å². The van der Waals surface area contributed by atoms with Crippen molar-refractivity contribution in [1.29, 1.82) is 0 Å². The highest BCUT2D eigenvalue weighted by molar-refractivity contribution is 5.83. The second-order valence-corrected chi connectivity index (χ2v) is 3.83. The largest absolute Gasteiger partial charge is 0.370 e. The number of hydrogen-bond acceptors (Lipinski definition) is 2. The zero-order valence-electron chi connectivity index (χ0n) is 9.25. The fourth-order valence-electron chi connectivity index (χ4n) is 1.41. The van der Waals surface area contributed by atoms with E-state index in [-0.39, 0.29) is 12.5 Å². The average molecular weight is 212 g/mol. The Labute approximate surface area is 90.5 Å². The predicted octanol–water partition coefficient (Wildman–Crippen LogP) is -0.173. The van der Waals surface area contributed by atoms with Gasteiger partial charge in [-0.25, -0.2) is 4.99 Å². The van der Waals surface area contributed by atoms with Crippen LogP contribution in [0.4, 0.5) is 0 Å². The molecule has 1 aliphatic rings. The zero-order chi connectivity index (χ0) is 11.1. The third-order valence-electron chi connectivity index (χ3n) is 2.56. The van der Waals surface area contributed by atoms with Crippen LogP contribution in [0.25, 0.3) is 0 Å². The molecule has 0 aliphatic heterocycles. The lowest BCUT2D eigenvalue weighted by atomic mass is 9.85. The van der Waals surface area contributed by atoms with E-state index in [1.54, 1.807) is 0 Å². The number of hydrogen-bond donors (Lipinski definition) is 3. The van der Waals surface area contributed by atoms with E-state index in [0.717, 1.165) is 12.5 Å². The van der Waals surface area contributed by atoms with Crippen molar-refractivity contribution in [2.24, 2.45) is 16.6 Å². The van der Waals surface area contributed by atoms with Gasteiger partial charge in [-0.15, -0.1) is 0 Å². The molecule has 1 saturated carbocycles. The van der Waals surface area contributed by atoms with E-state index >= 15 is 0 Å². The van der Waals surface area contributed by atoms with Crippen molar-refractivity contribution in [2.75, 3.05) is 19.6 Å². The van der Waals surface area contributed by atoms with Crippen molar-refractivity contribution >= 4 is 11.9 Å². The minimum atomic E-state index is -0.0918. The summed E-state index contributed by atoms with van der Waals surface area (Å²) in [4.78, 5) is 15.0. The standard InChI is InChI=1S/C10H20N4O/c1-2-12-9(15)7-14-10(11)13-6-8-4-3-5-8/h8H,2-7H2,1H3,(H,12,15)(H3,11,13,14). The second-order valence-electron chi connectivity index (χ2n) is 3.83. The Morgan fingerprint density at radius 3 is 2.73 bits per heavy atom. The fraction of sp³-hybridized carbons (Fsp3) is 0.800. The molecule has 0 aromatic carbocycles. The molecule has 0 aromatic heterocycles. The van der Waals surface area contributed by atoms with E-state index in [9.17, 15) is 4.79 Å². The first-order valence-corrected chi connectivity index (χ1v) is 5.53. The molecule has 0 aromatic rings. The van der Waals surface area contributed by atoms with Crippen LogP contribution in [0, 0.1) is 5.92 Å². The SMILES string of the molecule is CCNC(=O)CN=C(N)NCC1CCC1. The molecule has 5 heteroatoms. The number of guanidine groups is 1. The van der Waals surface area contributed by atoms with Crippen LogP contribution in [0.2, 0.25) is 0 Å². The summed E-state index contributed by atoms with van der Waals surface area (Å²) in [7, 11) is 0. The molecule has 0 radical (unpaired) electrons. The lowest BCUT2D eigenvalue weighted by Gasteiger charge is -2.25. The first-order chi connectivity index (χ1) is 7.22. The smallest absolute Gasteiger partial charge is 0.241 e. The third-order valence-corrected chi connectivity index (χ3v) is 2.56. The minimum Gasteiger partial charge on any atom is -0.370 e. The van der Waals surface area contributed by atoms with Crippen molar-refractivity contribution < 1.29 is 4.79 Å². The van der Waals surface area contributed by atoms with Crippen LogP contribution >= 0.6 is 0 Å². The van der Waals surface area contributed by atoms with Crippen molar-refractivity contribution in [1.82, 2.24) is 10.6 Å². The van der Waals surface area contributed by atoms with Crippen molar-refractivity contribution in [3.8, 4) is 0 Å². The number of carbonyl (C=O) groups excluding carboxylic acids is 1.